The van der Waals surface area contributed by atoms with Gasteiger partial charge in [-0.25, -0.2) is 8.78 Å². The third-order valence-electron chi connectivity index (χ3n) is 2.58. The van der Waals surface area contributed by atoms with Crippen LogP contribution >= 0.6 is 0 Å². The van der Waals surface area contributed by atoms with Crippen LogP contribution in [0.1, 0.15) is 25.3 Å². The van der Waals surface area contributed by atoms with Gasteiger partial charge in [-0.3, -0.25) is 9.59 Å². The molecule has 0 aliphatic carbocycles. The quantitative estimate of drug-likeness (QED) is 0.865. The number of carbonyl (C=O) groups is 2. The third-order valence-corrected chi connectivity index (χ3v) is 2.58. The van der Waals surface area contributed by atoms with E-state index in [9.17, 15) is 18.4 Å². The summed E-state index contributed by atoms with van der Waals surface area (Å²) in [5, 5.41) is 10.8. The van der Waals surface area contributed by atoms with Gasteiger partial charge in [0, 0.05) is 18.9 Å². The van der Waals surface area contributed by atoms with Crippen molar-refractivity contribution >= 4 is 17.6 Å². The number of hydrogen-bond donors (Lipinski definition) is 2. The van der Waals surface area contributed by atoms with E-state index in [1.165, 1.54) is 6.92 Å². The van der Waals surface area contributed by atoms with Gasteiger partial charge in [0.1, 0.15) is 11.6 Å². The zero-order chi connectivity index (χ0) is 14.6. The van der Waals surface area contributed by atoms with E-state index in [0.29, 0.717) is 0 Å². The lowest BCUT2D eigenvalue weighted by Gasteiger charge is -2.10. The average molecular weight is 271 g/mol. The molecule has 0 saturated heterocycles. The maximum atomic E-state index is 13.5. The smallest absolute Gasteiger partial charge is 0.303 e. The van der Waals surface area contributed by atoms with Gasteiger partial charge in [0.25, 0.3) is 0 Å². The molecule has 104 valence electrons. The van der Waals surface area contributed by atoms with Crippen molar-refractivity contribution in [2.24, 2.45) is 5.92 Å². The van der Waals surface area contributed by atoms with Gasteiger partial charge in [0.15, 0.2) is 0 Å². The molecule has 6 heteroatoms. The lowest BCUT2D eigenvalue weighted by molar-refractivity contribution is -0.138. The molecule has 1 amide bonds. The molecule has 0 radical (unpaired) electrons. The largest absolute Gasteiger partial charge is 0.481 e. The van der Waals surface area contributed by atoms with Crippen LogP contribution in [0.3, 0.4) is 0 Å². The number of carboxylic acids is 1. The highest BCUT2D eigenvalue weighted by Crippen LogP contribution is 2.19. The van der Waals surface area contributed by atoms with Crippen molar-refractivity contribution in [3.05, 3.63) is 29.3 Å². The normalized spacial score (nSPS) is 12.0. The fraction of sp³-hybridized carbons (Fsp3) is 0.385. The van der Waals surface area contributed by atoms with Crippen LogP contribution in [0.15, 0.2) is 12.1 Å². The number of carbonyl (C=O) groups excluding carboxylic acids is 1. The number of aliphatic carboxylic acids is 1. The van der Waals surface area contributed by atoms with Gasteiger partial charge >= 0.3 is 5.97 Å². The lowest BCUT2D eigenvalue weighted by Crippen LogP contribution is -2.17. The third kappa shape index (κ3) is 4.65. The SMILES string of the molecule is Cc1cc(F)c(NC(=O)CC(C)CC(=O)O)cc1F. The molecule has 0 aliphatic rings. The molecular formula is C13H15F2NO3. The molecule has 0 aliphatic heterocycles. The summed E-state index contributed by atoms with van der Waals surface area (Å²) in [6.07, 6.45) is -0.223. The standard InChI is InChI=1S/C13H15F2NO3/c1-7(4-13(18)19)3-12(17)16-11-6-9(14)8(2)5-10(11)15/h5-7H,3-4H2,1-2H3,(H,16,17)(H,18,19). The molecule has 4 nitrogen and oxygen atoms in total. The van der Waals surface area contributed by atoms with E-state index in [1.807, 2.05) is 0 Å². The van der Waals surface area contributed by atoms with Crippen molar-refractivity contribution in [3.8, 4) is 0 Å². The van der Waals surface area contributed by atoms with Crippen LogP contribution < -0.4 is 5.32 Å². The van der Waals surface area contributed by atoms with Gasteiger partial charge < -0.3 is 10.4 Å². The van der Waals surface area contributed by atoms with E-state index >= 15 is 0 Å². The molecule has 0 aromatic heterocycles. The van der Waals surface area contributed by atoms with E-state index < -0.39 is 23.5 Å². The van der Waals surface area contributed by atoms with Gasteiger partial charge in [-0.1, -0.05) is 6.92 Å². The van der Waals surface area contributed by atoms with Crippen molar-refractivity contribution in [3.63, 3.8) is 0 Å². The molecule has 19 heavy (non-hydrogen) atoms. The van der Waals surface area contributed by atoms with Gasteiger partial charge in [0.2, 0.25) is 5.91 Å². The van der Waals surface area contributed by atoms with Gasteiger partial charge in [-0.15, -0.1) is 0 Å². The lowest BCUT2D eigenvalue weighted by atomic mass is 10.0. The monoisotopic (exact) mass is 271 g/mol. The number of anilines is 1. The molecule has 0 heterocycles. The van der Waals surface area contributed by atoms with Crippen LogP contribution in [0.4, 0.5) is 14.5 Å². The second-order valence-electron chi connectivity index (χ2n) is 4.54. The molecule has 0 spiro atoms. The second kappa shape index (κ2) is 6.26. The highest BCUT2D eigenvalue weighted by atomic mass is 19.1. The summed E-state index contributed by atoms with van der Waals surface area (Å²) >= 11 is 0. The highest BCUT2D eigenvalue weighted by molar-refractivity contribution is 5.91. The Hall–Kier alpha value is -1.98. The first-order valence-corrected chi connectivity index (χ1v) is 5.77. The van der Waals surface area contributed by atoms with Crippen LogP contribution in [0.5, 0.6) is 0 Å². The van der Waals surface area contributed by atoms with Crippen molar-refractivity contribution < 1.29 is 23.5 Å². The molecule has 0 saturated carbocycles. The Bertz CT molecular complexity index is 503. The molecular weight excluding hydrogens is 256 g/mol. The minimum atomic E-state index is -1.01. The predicted octanol–water partition coefficient (Wildman–Crippen LogP) is 2.71. The fourth-order valence-electron chi connectivity index (χ4n) is 1.63. The van der Waals surface area contributed by atoms with Crippen molar-refractivity contribution in [1.29, 1.82) is 0 Å². The van der Waals surface area contributed by atoms with E-state index in [1.54, 1.807) is 6.92 Å². The van der Waals surface area contributed by atoms with Crippen molar-refractivity contribution in [2.45, 2.75) is 26.7 Å². The summed E-state index contributed by atoms with van der Waals surface area (Å²) in [7, 11) is 0. The number of aryl methyl sites for hydroxylation is 1. The van der Waals surface area contributed by atoms with Crippen molar-refractivity contribution in [1.82, 2.24) is 0 Å². The summed E-state index contributed by atoms with van der Waals surface area (Å²) in [4.78, 5) is 22.0. The average Bonchev–Trinajstić information content (AvgIpc) is 2.24. The molecule has 1 aromatic rings. The zero-order valence-corrected chi connectivity index (χ0v) is 10.7. The number of carboxylic acid groups (broad SMARTS) is 1. The van der Waals surface area contributed by atoms with Crippen LogP contribution in [0, 0.1) is 24.5 Å². The van der Waals surface area contributed by atoms with E-state index in [4.69, 9.17) is 5.11 Å². The molecule has 1 rings (SSSR count). The number of nitrogens with one attached hydrogen (secondary N) is 1. The summed E-state index contributed by atoms with van der Waals surface area (Å²) in [6, 6.07) is 1.90. The summed E-state index contributed by atoms with van der Waals surface area (Å²) in [5.41, 5.74) is -0.0923. The van der Waals surface area contributed by atoms with Crippen LogP contribution in [0.25, 0.3) is 0 Å². The maximum Gasteiger partial charge on any atom is 0.303 e. The minimum Gasteiger partial charge on any atom is -0.481 e. The first-order chi connectivity index (χ1) is 8.79. The molecule has 0 bridgehead atoms. The number of amides is 1. The number of halogens is 2. The summed E-state index contributed by atoms with van der Waals surface area (Å²) in [6.45, 7) is 3.01. The Balaban J connectivity index is 2.67. The molecule has 1 atom stereocenters. The molecule has 2 N–H and O–H groups in total. The van der Waals surface area contributed by atoms with Crippen molar-refractivity contribution in [2.75, 3.05) is 5.32 Å². The van der Waals surface area contributed by atoms with Gasteiger partial charge in [-0.2, -0.15) is 0 Å². The Labute approximate surface area is 109 Å². The maximum absolute atomic E-state index is 13.5. The Morgan fingerprint density at radius 3 is 2.47 bits per heavy atom. The first kappa shape index (κ1) is 15.1. The van der Waals surface area contributed by atoms with Crippen LogP contribution in [-0.4, -0.2) is 17.0 Å². The highest BCUT2D eigenvalue weighted by Gasteiger charge is 2.15. The number of benzene rings is 1. The van der Waals surface area contributed by atoms with Gasteiger partial charge in [0.05, 0.1) is 5.69 Å². The predicted molar refractivity (Wildman–Crippen MR) is 65.8 cm³/mol. The minimum absolute atomic E-state index is 0.0682. The summed E-state index contributed by atoms with van der Waals surface area (Å²) < 4.78 is 26.7. The number of hydrogen-bond acceptors (Lipinski definition) is 2. The van der Waals surface area contributed by atoms with Gasteiger partial charge in [-0.05, 0) is 24.5 Å². The van der Waals surface area contributed by atoms with E-state index in [2.05, 4.69) is 5.32 Å². The summed E-state index contributed by atoms with van der Waals surface area (Å²) in [5.74, 6) is -3.27. The van der Waals surface area contributed by atoms with Crippen LogP contribution in [0.2, 0.25) is 0 Å². The Kier molecular flexibility index (Phi) is 4.97. The Morgan fingerprint density at radius 1 is 1.26 bits per heavy atom. The second-order valence-corrected chi connectivity index (χ2v) is 4.54. The Morgan fingerprint density at radius 2 is 1.89 bits per heavy atom. The molecule has 1 aromatic carbocycles. The van der Waals surface area contributed by atoms with Crippen LogP contribution in [-0.2, 0) is 9.59 Å². The molecule has 1 unspecified atom stereocenters. The first-order valence-electron chi connectivity index (χ1n) is 5.77. The topological polar surface area (TPSA) is 66.4 Å². The zero-order valence-electron chi connectivity index (χ0n) is 10.7. The fourth-order valence-corrected chi connectivity index (χ4v) is 1.63. The van der Waals surface area contributed by atoms with E-state index in [0.717, 1.165) is 12.1 Å². The van der Waals surface area contributed by atoms with E-state index in [-0.39, 0.29) is 30.0 Å². The molecule has 0 fully saturated rings. The number of rotatable bonds is 5.